The first-order valence-corrected chi connectivity index (χ1v) is 7.42. The predicted molar refractivity (Wildman–Crippen MR) is 80.3 cm³/mol. The van der Waals surface area contributed by atoms with Crippen LogP contribution in [-0.4, -0.2) is 51.2 Å². The minimum absolute atomic E-state index is 0.317. The number of halogens is 1. The summed E-state index contributed by atoms with van der Waals surface area (Å²) in [4.78, 5) is 25.0. The van der Waals surface area contributed by atoms with Gasteiger partial charge in [-0.2, -0.15) is 0 Å². The normalized spacial score (nSPS) is 19.1. The number of nitrogens with zero attached hydrogens (tertiary/aromatic N) is 3. The summed E-state index contributed by atoms with van der Waals surface area (Å²) in [5.74, 6) is 0.0824. The summed E-state index contributed by atoms with van der Waals surface area (Å²) < 4.78 is 24.2. The molecule has 2 aromatic heterocycles. The number of amides is 1. The van der Waals surface area contributed by atoms with Crippen molar-refractivity contribution in [1.29, 1.82) is 0 Å². The summed E-state index contributed by atoms with van der Waals surface area (Å²) >= 11 is 0. The lowest BCUT2D eigenvalue weighted by Crippen LogP contribution is -2.44. The Hall–Kier alpha value is -2.22. The van der Waals surface area contributed by atoms with Gasteiger partial charge in [-0.15, -0.1) is 0 Å². The van der Waals surface area contributed by atoms with E-state index in [0.29, 0.717) is 36.7 Å². The summed E-state index contributed by atoms with van der Waals surface area (Å²) in [7, 11) is 0. The van der Waals surface area contributed by atoms with E-state index in [0.717, 1.165) is 6.20 Å². The fraction of sp³-hybridized carbons (Fsp3) is 0.533. The monoisotopic (exact) mass is 322 g/mol. The van der Waals surface area contributed by atoms with Crippen molar-refractivity contribution in [3.8, 4) is 0 Å². The van der Waals surface area contributed by atoms with Crippen LogP contribution in [0.15, 0.2) is 12.3 Å². The highest BCUT2D eigenvalue weighted by atomic mass is 19.1. The standard InChI is InChI=1S/C15H19FN4O3/c1-15(2,3)23-14(21)20-4-5-22-11(8-20)13-18-10-6-9(16)7-17-12(10)19-13/h6-7,11H,4-5,8H2,1-3H3,(H,17,18,19). The van der Waals surface area contributed by atoms with Crippen LogP contribution in [0.5, 0.6) is 0 Å². The van der Waals surface area contributed by atoms with Crippen LogP contribution in [0.25, 0.3) is 11.2 Å². The van der Waals surface area contributed by atoms with Crippen molar-refractivity contribution in [2.24, 2.45) is 0 Å². The molecule has 1 atom stereocenters. The minimum atomic E-state index is -0.550. The maximum Gasteiger partial charge on any atom is 0.410 e. The van der Waals surface area contributed by atoms with Gasteiger partial charge in [-0.05, 0) is 20.8 Å². The number of ether oxygens (including phenoxy) is 2. The maximum atomic E-state index is 13.2. The molecule has 3 rings (SSSR count). The van der Waals surface area contributed by atoms with E-state index in [9.17, 15) is 9.18 Å². The Labute approximate surface area is 132 Å². The second kappa shape index (κ2) is 5.77. The van der Waals surface area contributed by atoms with E-state index < -0.39 is 17.5 Å². The van der Waals surface area contributed by atoms with Gasteiger partial charge >= 0.3 is 6.09 Å². The maximum absolute atomic E-state index is 13.2. The van der Waals surface area contributed by atoms with Crippen LogP contribution in [0.3, 0.4) is 0 Å². The van der Waals surface area contributed by atoms with Crippen LogP contribution >= 0.6 is 0 Å². The van der Waals surface area contributed by atoms with Gasteiger partial charge < -0.3 is 19.4 Å². The van der Waals surface area contributed by atoms with Crippen molar-refractivity contribution in [3.63, 3.8) is 0 Å². The van der Waals surface area contributed by atoms with Crippen molar-refractivity contribution in [1.82, 2.24) is 19.9 Å². The van der Waals surface area contributed by atoms with Crippen molar-refractivity contribution in [3.05, 3.63) is 23.9 Å². The third kappa shape index (κ3) is 3.58. The number of carbonyl (C=O) groups excluding carboxylic acids is 1. The van der Waals surface area contributed by atoms with Gasteiger partial charge in [-0.1, -0.05) is 0 Å². The zero-order chi connectivity index (χ0) is 16.6. The van der Waals surface area contributed by atoms with Crippen molar-refractivity contribution >= 4 is 17.3 Å². The Kier molecular flexibility index (Phi) is 3.93. The zero-order valence-electron chi connectivity index (χ0n) is 13.3. The average Bonchev–Trinajstić information content (AvgIpc) is 2.88. The minimum Gasteiger partial charge on any atom is -0.444 e. The smallest absolute Gasteiger partial charge is 0.410 e. The third-order valence-corrected chi connectivity index (χ3v) is 3.35. The largest absolute Gasteiger partial charge is 0.444 e. The molecule has 124 valence electrons. The summed E-state index contributed by atoms with van der Waals surface area (Å²) in [6.07, 6.45) is 0.307. The molecule has 0 spiro atoms. The lowest BCUT2D eigenvalue weighted by molar-refractivity contribution is -0.0459. The Bertz CT molecular complexity index is 725. The number of rotatable bonds is 1. The van der Waals surface area contributed by atoms with E-state index in [1.807, 2.05) is 20.8 Å². The molecule has 1 aliphatic rings. The highest BCUT2D eigenvalue weighted by Crippen LogP contribution is 2.23. The molecule has 0 aromatic carbocycles. The van der Waals surface area contributed by atoms with E-state index in [1.54, 1.807) is 4.90 Å². The number of aromatic amines is 1. The zero-order valence-corrected chi connectivity index (χ0v) is 13.3. The molecule has 1 saturated heterocycles. The third-order valence-electron chi connectivity index (χ3n) is 3.35. The summed E-state index contributed by atoms with van der Waals surface area (Å²) in [5, 5.41) is 0. The SMILES string of the molecule is CC(C)(C)OC(=O)N1CCOC(c2nc3ncc(F)cc3[nH]2)C1. The van der Waals surface area contributed by atoms with Gasteiger partial charge in [0.05, 0.1) is 24.9 Å². The second-order valence-corrected chi connectivity index (χ2v) is 6.43. The van der Waals surface area contributed by atoms with Gasteiger partial charge in [0.25, 0.3) is 0 Å². The van der Waals surface area contributed by atoms with Crippen LogP contribution in [0.2, 0.25) is 0 Å². The topological polar surface area (TPSA) is 80.3 Å². The number of hydrogen-bond acceptors (Lipinski definition) is 5. The highest BCUT2D eigenvalue weighted by Gasteiger charge is 2.30. The first-order valence-electron chi connectivity index (χ1n) is 7.42. The molecule has 1 N–H and O–H groups in total. The molecule has 8 heteroatoms. The Morgan fingerprint density at radius 3 is 3.04 bits per heavy atom. The van der Waals surface area contributed by atoms with Crippen molar-refractivity contribution < 1.29 is 18.7 Å². The van der Waals surface area contributed by atoms with Crippen LogP contribution in [0.1, 0.15) is 32.7 Å². The second-order valence-electron chi connectivity index (χ2n) is 6.43. The molecule has 23 heavy (non-hydrogen) atoms. The van der Waals surface area contributed by atoms with Crippen LogP contribution < -0.4 is 0 Å². The number of pyridine rings is 1. The molecule has 0 radical (unpaired) electrons. The molecular weight excluding hydrogens is 303 g/mol. The summed E-state index contributed by atoms with van der Waals surface area (Å²) in [6, 6.07) is 1.33. The van der Waals surface area contributed by atoms with Crippen LogP contribution in [0.4, 0.5) is 9.18 Å². The van der Waals surface area contributed by atoms with Crippen molar-refractivity contribution in [2.45, 2.75) is 32.5 Å². The first kappa shape index (κ1) is 15.7. The van der Waals surface area contributed by atoms with E-state index >= 15 is 0 Å². The molecule has 2 aromatic rings. The van der Waals surface area contributed by atoms with Gasteiger partial charge in [0, 0.05) is 12.6 Å². The van der Waals surface area contributed by atoms with Gasteiger partial charge in [-0.25, -0.2) is 19.2 Å². The molecule has 0 saturated carbocycles. The number of carbonyl (C=O) groups is 1. The number of hydrogen-bond donors (Lipinski definition) is 1. The number of H-pyrrole nitrogens is 1. The van der Waals surface area contributed by atoms with E-state index in [4.69, 9.17) is 9.47 Å². The number of aromatic nitrogens is 3. The lowest BCUT2D eigenvalue weighted by atomic mass is 10.2. The van der Waals surface area contributed by atoms with Crippen LogP contribution in [0, 0.1) is 5.82 Å². The van der Waals surface area contributed by atoms with Gasteiger partial charge in [0.1, 0.15) is 23.3 Å². The summed E-state index contributed by atoms with van der Waals surface area (Å²) in [5.41, 5.74) is 0.364. The van der Waals surface area contributed by atoms with E-state index in [2.05, 4.69) is 15.0 Å². The van der Waals surface area contributed by atoms with Crippen LogP contribution in [-0.2, 0) is 9.47 Å². The molecule has 0 bridgehead atoms. The fourth-order valence-electron chi connectivity index (χ4n) is 2.35. The fourth-order valence-corrected chi connectivity index (χ4v) is 2.35. The average molecular weight is 322 g/mol. The molecule has 1 amide bonds. The van der Waals surface area contributed by atoms with E-state index in [-0.39, 0.29) is 6.09 Å². The Balaban J connectivity index is 1.75. The number of imidazole rings is 1. The molecule has 7 nitrogen and oxygen atoms in total. The van der Waals surface area contributed by atoms with Gasteiger partial charge in [0.2, 0.25) is 0 Å². The number of fused-ring (bicyclic) bond motifs is 1. The molecule has 1 fully saturated rings. The van der Waals surface area contributed by atoms with Gasteiger partial charge in [-0.3, -0.25) is 0 Å². The van der Waals surface area contributed by atoms with E-state index in [1.165, 1.54) is 6.07 Å². The Morgan fingerprint density at radius 1 is 1.52 bits per heavy atom. The molecule has 1 aliphatic heterocycles. The number of nitrogens with one attached hydrogen (secondary N) is 1. The lowest BCUT2D eigenvalue weighted by Gasteiger charge is -2.33. The molecule has 3 heterocycles. The molecule has 0 aliphatic carbocycles. The first-order chi connectivity index (χ1) is 10.8. The summed E-state index contributed by atoms with van der Waals surface area (Å²) in [6.45, 7) is 6.62. The van der Waals surface area contributed by atoms with Gasteiger partial charge in [0.15, 0.2) is 5.65 Å². The highest BCUT2D eigenvalue weighted by molar-refractivity contribution is 5.70. The number of morpholine rings is 1. The predicted octanol–water partition coefficient (Wildman–Crippen LogP) is 2.41. The molecule has 1 unspecified atom stereocenters. The molecular formula is C15H19FN4O3. The van der Waals surface area contributed by atoms with Crippen molar-refractivity contribution in [2.75, 3.05) is 19.7 Å². The quantitative estimate of drug-likeness (QED) is 0.872. The Morgan fingerprint density at radius 2 is 2.30 bits per heavy atom.